The maximum atomic E-state index is 13.9. The van der Waals surface area contributed by atoms with E-state index in [0.717, 1.165) is 22.3 Å². The Kier molecular flexibility index (Phi) is 9.20. The van der Waals surface area contributed by atoms with E-state index in [1.807, 2.05) is 98.8 Å². The second-order valence-electron chi connectivity index (χ2n) is 12.1. The Hall–Kier alpha value is -5.18. The molecule has 0 unspecified atom stereocenters. The minimum atomic E-state index is -4.30. The summed E-state index contributed by atoms with van der Waals surface area (Å²) in [7, 11) is -8.59. The van der Waals surface area contributed by atoms with Crippen molar-refractivity contribution in [2.24, 2.45) is 0 Å². The molecule has 8 heteroatoms. The number of hydrogen-bond acceptors (Lipinski definition) is 6. The largest absolute Gasteiger partial charge is 0.378 e. The van der Waals surface area contributed by atoms with E-state index in [4.69, 9.17) is 8.37 Å². The highest BCUT2D eigenvalue weighted by atomic mass is 32.2. The molecule has 0 bridgehead atoms. The van der Waals surface area contributed by atoms with Crippen molar-refractivity contribution in [3.05, 3.63) is 190 Å². The summed E-state index contributed by atoms with van der Waals surface area (Å²) in [6.07, 6.45) is 0. The van der Waals surface area contributed by atoms with Crippen LogP contribution in [0.15, 0.2) is 155 Å². The number of benzene rings is 6. The average Bonchev–Trinajstić information content (AvgIpc) is 3.09. The SMILES string of the molecule is Cc1ccc(S(=O)(=O)Oc2c(C)cccc2C(c2ccccc2)(c2ccccc2)c2cccc(C)c2OS(=O)(=O)c2ccc(C)cc2)cc1. The van der Waals surface area contributed by atoms with Gasteiger partial charge in [0.15, 0.2) is 11.5 Å². The maximum absolute atomic E-state index is 13.9. The van der Waals surface area contributed by atoms with Crippen molar-refractivity contribution in [2.45, 2.75) is 42.9 Å². The lowest BCUT2D eigenvalue weighted by atomic mass is 9.64. The summed E-state index contributed by atoms with van der Waals surface area (Å²) in [5.41, 5.74) is 4.12. The summed E-state index contributed by atoms with van der Waals surface area (Å²) in [6, 6.07) is 43.0. The first-order valence-corrected chi connectivity index (χ1v) is 18.6. The van der Waals surface area contributed by atoms with E-state index in [1.165, 1.54) is 24.3 Å². The molecular weight excluding hydrogens is 653 g/mol. The van der Waals surface area contributed by atoms with Crippen molar-refractivity contribution in [1.82, 2.24) is 0 Å². The van der Waals surface area contributed by atoms with Crippen LogP contribution in [0.5, 0.6) is 11.5 Å². The van der Waals surface area contributed by atoms with E-state index in [1.54, 1.807) is 50.2 Å². The van der Waals surface area contributed by atoms with Crippen molar-refractivity contribution in [3.63, 3.8) is 0 Å². The van der Waals surface area contributed by atoms with Gasteiger partial charge in [-0.3, -0.25) is 0 Å². The minimum Gasteiger partial charge on any atom is -0.378 e. The topological polar surface area (TPSA) is 86.7 Å². The number of para-hydroxylation sites is 2. The fraction of sp³-hybridized carbons (Fsp3) is 0.122. The van der Waals surface area contributed by atoms with Crippen LogP contribution in [0.2, 0.25) is 0 Å². The van der Waals surface area contributed by atoms with Crippen LogP contribution in [-0.2, 0) is 25.7 Å². The van der Waals surface area contributed by atoms with Crippen molar-refractivity contribution in [3.8, 4) is 11.5 Å². The second kappa shape index (κ2) is 13.4. The summed E-state index contributed by atoms with van der Waals surface area (Å²) in [5, 5.41) is 0. The zero-order chi connectivity index (χ0) is 34.8. The smallest absolute Gasteiger partial charge is 0.339 e. The van der Waals surface area contributed by atoms with Crippen LogP contribution < -0.4 is 8.37 Å². The van der Waals surface area contributed by atoms with Crippen LogP contribution in [-0.4, -0.2) is 16.8 Å². The third-order valence-corrected chi connectivity index (χ3v) is 11.1. The highest BCUT2D eigenvalue weighted by Gasteiger charge is 2.44. The van der Waals surface area contributed by atoms with Gasteiger partial charge >= 0.3 is 20.2 Å². The Morgan fingerprint density at radius 3 is 1.10 bits per heavy atom. The second-order valence-corrected chi connectivity index (χ2v) is 15.2. The van der Waals surface area contributed by atoms with Gasteiger partial charge in [0.2, 0.25) is 0 Å². The quantitative estimate of drug-likeness (QED) is 0.106. The first kappa shape index (κ1) is 33.7. The molecule has 49 heavy (non-hydrogen) atoms. The van der Waals surface area contributed by atoms with Gasteiger partial charge < -0.3 is 8.37 Å². The summed E-state index contributed by atoms with van der Waals surface area (Å²) in [4.78, 5) is 0.0298. The van der Waals surface area contributed by atoms with E-state index in [9.17, 15) is 16.8 Å². The van der Waals surface area contributed by atoms with Gasteiger partial charge in [-0.2, -0.15) is 16.8 Å². The molecule has 248 valence electrons. The number of aryl methyl sites for hydroxylation is 4. The summed E-state index contributed by atoms with van der Waals surface area (Å²) >= 11 is 0. The predicted molar refractivity (Wildman–Crippen MR) is 192 cm³/mol. The highest BCUT2D eigenvalue weighted by Crippen LogP contribution is 2.53. The zero-order valence-corrected chi connectivity index (χ0v) is 29.3. The number of rotatable bonds is 10. The summed E-state index contributed by atoms with van der Waals surface area (Å²) in [5.74, 6) is 0.259. The van der Waals surface area contributed by atoms with E-state index in [0.29, 0.717) is 22.3 Å². The molecule has 0 saturated heterocycles. The van der Waals surface area contributed by atoms with Crippen LogP contribution in [0, 0.1) is 27.7 Å². The third kappa shape index (κ3) is 6.49. The Morgan fingerprint density at radius 1 is 0.408 bits per heavy atom. The predicted octanol–water partition coefficient (Wildman–Crippen LogP) is 8.84. The summed E-state index contributed by atoms with van der Waals surface area (Å²) in [6.45, 7) is 7.34. The Bertz CT molecular complexity index is 2150. The van der Waals surface area contributed by atoms with E-state index in [2.05, 4.69) is 0 Å². The van der Waals surface area contributed by atoms with Gasteiger partial charge in [0.05, 0.1) is 5.41 Å². The highest BCUT2D eigenvalue weighted by molar-refractivity contribution is 7.87. The summed E-state index contributed by atoms with van der Waals surface area (Å²) < 4.78 is 67.9. The van der Waals surface area contributed by atoms with Crippen LogP contribution >= 0.6 is 0 Å². The molecule has 0 aliphatic carbocycles. The standard InChI is InChI=1S/C41H36O6S2/c1-29-21-25-35(26-22-29)48(42,43)46-39-31(3)13-11-19-37(39)41(33-15-7-5-8-16-33,34-17-9-6-10-18-34)38-20-12-14-32(4)40(38)47-49(44,45)36-27-23-30(2)24-28-36/h5-28H,1-4H3. The molecule has 0 N–H and O–H groups in total. The molecule has 6 nitrogen and oxygen atoms in total. The van der Waals surface area contributed by atoms with E-state index < -0.39 is 25.7 Å². The molecule has 0 amide bonds. The van der Waals surface area contributed by atoms with Crippen LogP contribution in [0.25, 0.3) is 0 Å². The average molecular weight is 689 g/mol. The fourth-order valence-electron chi connectivity index (χ4n) is 6.15. The first-order valence-electron chi connectivity index (χ1n) is 15.8. The molecule has 0 aliphatic heterocycles. The molecule has 0 aliphatic rings. The molecule has 0 atom stereocenters. The van der Waals surface area contributed by atoms with Crippen molar-refractivity contribution in [1.29, 1.82) is 0 Å². The fourth-order valence-corrected chi connectivity index (χ4v) is 8.16. The Labute approximate surface area is 288 Å². The molecule has 0 radical (unpaired) electrons. The molecular formula is C41H36O6S2. The van der Waals surface area contributed by atoms with Crippen molar-refractivity contribution in [2.75, 3.05) is 0 Å². The molecule has 6 aromatic carbocycles. The molecule has 0 heterocycles. The van der Waals surface area contributed by atoms with Crippen LogP contribution in [0.1, 0.15) is 44.5 Å². The first-order chi connectivity index (χ1) is 23.4. The Morgan fingerprint density at radius 2 is 0.755 bits per heavy atom. The van der Waals surface area contributed by atoms with Gasteiger partial charge in [0.25, 0.3) is 0 Å². The van der Waals surface area contributed by atoms with Crippen molar-refractivity contribution >= 4 is 20.2 Å². The van der Waals surface area contributed by atoms with Crippen LogP contribution in [0.3, 0.4) is 0 Å². The minimum absolute atomic E-state index is 0.0149. The lowest BCUT2D eigenvalue weighted by molar-refractivity contribution is 0.470. The van der Waals surface area contributed by atoms with Gasteiger partial charge in [0.1, 0.15) is 9.79 Å². The number of hydrogen-bond donors (Lipinski definition) is 0. The normalized spacial score (nSPS) is 12.0. The molecule has 6 rings (SSSR count). The van der Waals surface area contributed by atoms with Gasteiger partial charge in [-0.1, -0.05) is 132 Å². The van der Waals surface area contributed by atoms with Crippen LogP contribution in [0.4, 0.5) is 0 Å². The molecule has 0 aromatic heterocycles. The molecule has 0 saturated carbocycles. The third-order valence-electron chi connectivity index (χ3n) is 8.65. The maximum Gasteiger partial charge on any atom is 0.339 e. The van der Waals surface area contributed by atoms with E-state index in [-0.39, 0.29) is 21.3 Å². The lowest BCUT2D eigenvalue weighted by Gasteiger charge is -2.39. The lowest BCUT2D eigenvalue weighted by Crippen LogP contribution is -2.33. The van der Waals surface area contributed by atoms with Crippen molar-refractivity contribution < 1.29 is 25.2 Å². The molecule has 0 fully saturated rings. The Balaban J connectivity index is 1.69. The monoisotopic (exact) mass is 688 g/mol. The van der Waals surface area contributed by atoms with E-state index >= 15 is 0 Å². The van der Waals surface area contributed by atoms with Gasteiger partial charge in [-0.25, -0.2) is 0 Å². The molecule has 0 spiro atoms. The zero-order valence-electron chi connectivity index (χ0n) is 27.6. The van der Waals surface area contributed by atoms with Gasteiger partial charge in [-0.15, -0.1) is 0 Å². The molecule has 6 aromatic rings. The van der Waals surface area contributed by atoms with Gasteiger partial charge in [-0.05, 0) is 74.2 Å². The van der Waals surface area contributed by atoms with Gasteiger partial charge in [0, 0.05) is 11.1 Å².